The van der Waals surface area contributed by atoms with Gasteiger partial charge in [0.25, 0.3) is 5.69 Å². The minimum atomic E-state index is -1.31. The number of piperidine rings is 1. The molecule has 1 saturated heterocycles. The molecule has 5 rings (SSSR count). The van der Waals surface area contributed by atoms with Crippen LogP contribution in [0.15, 0.2) is 66.7 Å². The summed E-state index contributed by atoms with van der Waals surface area (Å²) in [6, 6.07) is 19.1. The van der Waals surface area contributed by atoms with E-state index in [-0.39, 0.29) is 24.6 Å². The third-order valence-electron chi connectivity index (χ3n) is 7.76. The maximum atomic E-state index is 12.8. The van der Waals surface area contributed by atoms with Gasteiger partial charge in [-0.25, -0.2) is 9.59 Å². The highest BCUT2D eigenvalue weighted by Gasteiger charge is 2.30. The Kier molecular flexibility index (Phi) is 7.49. The van der Waals surface area contributed by atoms with Gasteiger partial charge in [-0.15, -0.1) is 0 Å². The lowest BCUT2D eigenvalue weighted by molar-refractivity contribution is -0.384. The lowest BCUT2D eigenvalue weighted by Gasteiger charge is -2.33. The molecule has 1 aliphatic carbocycles. The van der Waals surface area contributed by atoms with Gasteiger partial charge in [-0.3, -0.25) is 10.1 Å². The molecule has 3 aromatic carbocycles. The molecule has 0 spiro atoms. The largest absolute Gasteiger partial charge is 0.480 e. The van der Waals surface area contributed by atoms with Crippen LogP contribution in [0.5, 0.6) is 0 Å². The van der Waals surface area contributed by atoms with Gasteiger partial charge in [0, 0.05) is 43.2 Å². The molecule has 9 heteroatoms. The summed E-state index contributed by atoms with van der Waals surface area (Å²) >= 11 is 0. The molecule has 1 fully saturated rings. The molecule has 1 amide bonds. The first-order valence-corrected chi connectivity index (χ1v) is 13.2. The van der Waals surface area contributed by atoms with Gasteiger partial charge in [-0.2, -0.15) is 0 Å². The fraction of sp³-hybridized carbons (Fsp3) is 0.333. The number of anilines is 1. The standard InChI is InChI=1S/C30H31N3O6/c1-19-12-14-32(15-13-19)28-11-10-21(33(37)38)16-20(28)17-27(29(34)35)31-30(36)39-18-26-24-8-4-2-6-22(24)23-7-3-5-9-25(23)26/h2-11,16,19,26-27H,12-15,17-18H2,1H3,(H,31,36)(H,34,35). The van der Waals surface area contributed by atoms with E-state index in [2.05, 4.69) is 17.1 Å². The number of ether oxygens (including phenoxy) is 1. The van der Waals surface area contributed by atoms with Crippen molar-refractivity contribution in [1.29, 1.82) is 0 Å². The quantitative estimate of drug-likeness (QED) is 0.297. The lowest BCUT2D eigenvalue weighted by Crippen LogP contribution is -2.43. The zero-order chi connectivity index (χ0) is 27.5. The Morgan fingerprint density at radius 2 is 1.67 bits per heavy atom. The third-order valence-corrected chi connectivity index (χ3v) is 7.76. The summed E-state index contributed by atoms with van der Waals surface area (Å²) in [5.74, 6) is -0.811. The molecule has 39 heavy (non-hydrogen) atoms. The predicted octanol–water partition coefficient (Wildman–Crippen LogP) is 5.37. The fourth-order valence-corrected chi connectivity index (χ4v) is 5.61. The second-order valence-electron chi connectivity index (χ2n) is 10.3. The molecule has 2 N–H and O–H groups in total. The van der Waals surface area contributed by atoms with Gasteiger partial charge < -0.3 is 20.1 Å². The van der Waals surface area contributed by atoms with Crippen molar-refractivity contribution < 1.29 is 24.4 Å². The third kappa shape index (κ3) is 5.57. The molecule has 1 atom stereocenters. The van der Waals surface area contributed by atoms with Crippen LogP contribution in [0.25, 0.3) is 11.1 Å². The van der Waals surface area contributed by atoms with Crippen LogP contribution < -0.4 is 10.2 Å². The average molecular weight is 530 g/mol. The van der Waals surface area contributed by atoms with E-state index in [1.165, 1.54) is 12.1 Å². The van der Waals surface area contributed by atoms with Crippen molar-refractivity contribution in [2.75, 3.05) is 24.6 Å². The van der Waals surface area contributed by atoms with E-state index in [0.717, 1.165) is 53.9 Å². The number of carboxylic acids is 1. The van der Waals surface area contributed by atoms with Crippen molar-refractivity contribution in [2.24, 2.45) is 5.92 Å². The number of non-ortho nitro benzene ring substituents is 1. The molecule has 3 aromatic rings. The van der Waals surface area contributed by atoms with Crippen molar-refractivity contribution in [2.45, 2.75) is 38.1 Å². The maximum Gasteiger partial charge on any atom is 0.407 e. The molecule has 1 heterocycles. The second-order valence-corrected chi connectivity index (χ2v) is 10.3. The van der Waals surface area contributed by atoms with Crippen LogP contribution in [0.3, 0.4) is 0 Å². The van der Waals surface area contributed by atoms with Crippen LogP contribution in [0, 0.1) is 16.0 Å². The summed E-state index contributed by atoms with van der Waals surface area (Å²) < 4.78 is 5.55. The van der Waals surface area contributed by atoms with Crippen LogP contribution in [0.4, 0.5) is 16.2 Å². The number of benzene rings is 3. The first kappa shape index (κ1) is 26.2. The van der Waals surface area contributed by atoms with E-state index in [0.29, 0.717) is 11.5 Å². The van der Waals surface area contributed by atoms with Gasteiger partial charge in [0.1, 0.15) is 12.6 Å². The van der Waals surface area contributed by atoms with Crippen molar-refractivity contribution in [3.8, 4) is 11.1 Å². The number of nitro groups is 1. The summed E-state index contributed by atoms with van der Waals surface area (Å²) in [7, 11) is 0. The summed E-state index contributed by atoms with van der Waals surface area (Å²) in [4.78, 5) is 38.1. The minimum absolute atomic E-state index is 0.0558. The number of rotatable bonds is 8. The number of fused-ring (bicyclic) bond motifs is 3. The Labute approximate surface area is 226 Å². The van der Waals surface area contributed by atoms with Crippen molar-refractivity contribution in [1.82, 2.24) is 5.32 Å². The van der Waals surface area contributed by atoms with E-state index in [1.807, 2.05) is 48.5 Å². The zero-order valence-corrected chi connectivity index (χ0v) is 21.7. The van der Waals surface area contributed by atoms with Crippen LogP contribution in [-0.4, -0.2) is 47.8 Å². The molecule has 0 radical (unpaired) electrons. The smallest absolute Gasteiger partial charge is 0.407 e. The Bertz CT molecular complexity index is 1350. The van der Waals surface area contributed by atoms with Crippen molar-refractivity contribution in [3.63, 3.8) is 0 Å². The molecule has 0 saturated carbocycles. The second kappa shape index (κ2) is 11.1. The van der Waals surface area contributed by atoms with Gasteiger partial charge in [0.2, 0.25) is 0 Å². The first-order chi connectivity index (χ1) is 18.8. The van der Waals surface area contributed by atoms with Gasteiger partial charge >= 0.3 is 12.1 Å². The summed E-state index contributed by atoms with van der Waals surface area (Å²) in [6.07, 6.45) is 1.01. The number of aliphatic carboxylic acids is 1. The number of nitrogens with zero attached hydrogens (tertiary/aromatic N) is 2. The molecule has 0 aromatic heterocycles. The van der Waals surface area contributed by atoms with Crippen LogP contribution in [0.1, 0.15) is 42.4 Å². The van der Waals surface area contributed by atoms with Gasteiger partial charge in [0.05, 0.1) is 4.92 Å². The minimum Gasteiger partial charge on any atom is -0.480 e. The molecule has 202 valence electrons. The normalized spacial score (nSPS) is 15.8. The number of carbonyl (C=O) groups excluding carboxylic acids is 1. The van der Waals surface area contributed by atoms with E-state index < -0.39 is 23.0 Å². The molecule has 1 aliphatic heterocycles. The number of nitro benzene ring substituents is 1. The van der Waals surface area contributed by atoms with Crippen molar-refractivity contribution in [3.05, 3.63) is 93.5 Å². The molecular formula is C30H31N3O6. The van der Waals surface area contributed by atoms with Crippen molar-refractivity contribution >= 4 is 23.4 Å². The molecular weight excluding hydrogens is 498 g/mol. The van der Waals surface area contributed by atoms with E-state index >= 15 is 0 Å². The van der Waals surface area contributed by atoms with Crippen LogP contribution in [0.2, 0.25) is 0 Å². The van der Waals surface area contributed by atoms with E-state index in [1.54, 1.807) is 6.07 Å². The number of nitrogens with one attached hydrogen (secondary N) is 1. The summed E-state index contributed by atoms with van der Waals surface area (Å²) in [5.41, 5.74) is 5.44. The van der Waals surface area contributed by atoms with Gasteiger partial charge in [-0.05, 0) is 52.6 Å². The van der Waals surface area contributed by atoms with Gasteiger partial charge in [-0.1, -0.05) is 55.5 Å². The van der Waals surface area contributed by atoms with Crippen LogP contribution >= 0.6 is 0 Å². The fourth-order valence-electron chi connectivity index (χ4n) is 5.61. The highest BCUT2D eigenvalue weighted by molar-refractivity contribution is 5.81. The highest BCUT2D eigenvalue weighted by atomic mass is 16.6. The number of alkyl carbamates (subject to hydrolysis) is 1. The molecule has 9 nitrogen and oxygen atoms in total. The molecule has 2 aliphatic rings. The lowest BCUT2D eigenvalue weighted by atomic mass is 9.96. The maximum absolute atomic E-state index is 12.8. The Hall–Kier alpha value is -4.40. The number of carboxylic acid groups (broad SMARTS) is 1. The predicted molar refractivity (Wildman–Crippen MR) is 147 cm³/mol. The summed E-state index contributed by atoms with van der Waals surface area (Å²) in [6.45, 7) is 3.81. The highest BCUT2D eigenvalue weighted by Crippen LogP contribution is 2.44. The first-order valence-electron chi connectivity index (χ1n) is 13.2. The summed E-state index contributed by atoms with van der Waals surface area (Å²) in [5, 5.41) is 23.8. The molecule has 0 bridgehead atoms. The number of amides is 1. The Morgan fingerprint density at radius 3 is 2.26 bits per heavy atom. The van der Waals surface area contributed by atoms with E-state index in [9.17, 15) is 24.8 Å². The number of hydrogen-bond donors (Lipinski definition) is 2. The average Bonchev–Trinajstić information content (AvgIpc) is 3.25. The number of carbonyl (C=O) groups is 2. The molecule has 1 unspecified atom stereocenters. The van der Waals surface area contributed by atoms with Crippen LogP contribution in [-0.2, 0) is 16.0 Å². The Morgan fingerprint density at radius 1 is 1.05 bits per heavy atom. The topological polar surface area (TPSA) is 122 Å². The zero-order valence-electron chi connectivity index (χ0n) is 21.7. The Balaban J connectivity index is 1.30. The van der Waals surface area contributed by atoms with Gasteiger partial charge in [0.15, 0.2) is 0 Å². The SMILES string of the molecule is CC1CCN(c2ccc([N+](=O)[O-])cc2CC(NC(=O)OCC2c3ccccc3-c3ccccc32)C(=O)O)CC1. The van der Waals surface area contributed by atoms with E-state index in [4.69, 9.17) is 4.74 Å². The monoisotopic (exact) mass is 529 g/mol. The number of hydrogen-bond acceptors (Lipinski definition) is 6.